The van der Waals surface area contributed by atoms with Crippen molar-refractivity contribution in [2.75, 3.05) is 13.1 Å². The Kier molecular flexibility index (Phi) is 6.86. The number of benzene rings is 3. The van der Waals surface area contributed by atoms with Crippen LogP contribution in [0.5, 0.6) is 0 Å². The molecule has 162 valence electrons. The summed E-state index contributed by atoms with van der Waals surface area (Å²) in [7, 11) is -3.60. The molecule has 1 saturated heterocycles. The van der Waals surface area contributed by atoms with Gasteiger partial charge in [-0.3, -0.25) is 4.90 Å². The highest BCUT2D eigenvalue weighted by atomic mass is 32.2. The molecular weight excluding hydrogens is 404 g/mol. The molecule has 3 aromatic rings. The number of hydrogen-bond donors (Lipinski definition) is 0. The third kappa shape index (κ3) is 5.24. The molecule has 1 aliphatic heterocycles. The standard InChI is InChI=1S/C26H30N2O2S/c1-2-22-13-15-26(16-14-22)31(29,30)28(20-24-11-7-4-8-12-24)25-17-18-27(21-25)19-23-9-5-3-6-10-23/h3-16,25H,2,17-21H2,1H3. The fourth-order valence-electron chi connectivity index (χ4n) is 4.24. The lowest BCUT2D eigenvalue weighted by Crippen LogP contribution is -2.41. The summed E-state index contributed by atoms with van der Waals surface area (Å²) >= 11 is 0. The van der Waals surface area contributed by atoms with Gasteiger partial charge in [-0.2, -0.15) is 4.31 Å². The van der Waals surface area contributed by atoms with Gasteiger partial charge in [0.2, 0.25) is 10.0 Å². The molecule has 4 nitrogen and oxygen atoms in total. The van der Waals surface area contributed by atoms with E-state index in [1.165, 1.54) is 5.56 Å². The number of hydrogen-bond acceptors (Lipinski definition) is 3. The highest BCUT2D eigenvalue weighted by molar-refractivity contribution is 7.89. The average Bonchev–Trinajstić information content (AvgIpc) is 3.26. The third-order valence-electron chi connectivity index (χ3n) is 6.02. The van der Waals surface area contributed by atoms with E-state index in [4.69, 9.17) is 0 Å². The van der Waals surface area contributed by atoms with E-state index < -0.39 is 10.0 Å². The van der Waals surface area contributed by atoms with Crippen LogP contribution in [0, 0.1) is 0 Å². The van der Waals surface area contributed by atoms with Crippen LogP contribution >= 0.6 is 0 Å². The van der Waals surface area contributed by atoms with Gasteiger partial charge in [-0.15, -0.1) is 0 Å². The topological polar surface area (TPSA) is 40.6 Å². The molecule has 0 N–H and O–H groups in total. The SMILES string of the molecule is CCc1ccc(S(=O)(=O)N(Cc2ccccc2)C2CCN(Cc3ccccc3)C2)cc1. The second-order valence-electron chi connectivity index (χ2n) is 8.20. The normalized spacial score (nSPS) is 17.3. The number of sulfonamides is 1. The first-order valence-electron chi connectivity index (χ1n) is 11.0. The monoisotopic (exact) mass is 434 g/mol. The zero-order chi connectivity index (χ0) is 21.7. The zero-order valence-corrected chi connectivity index (χ0v) is 18.8. The van der Waals surface area contributed by atoms with Gasteiger partial charge in [0.25, 0.3) is 0 Å². The molecule has 1 aliphatic rings. The Morgan fingerprint density at radius 3 is 2.06 bits per heavy atom. The minimum absolute atomic E-state index is 0.0419. The van der Waals surface area contributed by atoms with Crippen LogP contribution in [0.2, 0.25) is 0 Å². The second-order valence-corrected chi connectivity index (χ2v) is 10.1. The van der Waals surface area contributed by atoms with Crippen LogP contribution in [0.15, 0.2) is 89.8 Å². The number of aryl methyl sites for hydroxylation is 1. The minimum atomic E-state index is -3.60. The van der Waals surface area contributed by atoms with Crippen molar-refractivity contribution in [3.8, 4) is 0 Å². The summed E-state index contributed by atoms with van der Waals surface area (Å²) in [5, 5.41) is 0. The minimum Gasteiger partial charge on any atom is -0.297 e. The first kappa shape index (κ1) is 21.8. The highest BCUT2D eigenvalue weighted by Gasteiger charge is 2.36. The molecular formula is C26H30N2O2S. The van der Waals surface area contributed by atoms with Gasteiger partial charge in [-0.25, -0.2) is 8.42 Å². The second kappa shape index (κ2) is 9.77. The largest absolute Gasteiger partial charge is 0.297 e. The Balaban J connectivity index is 1.58. The third-order valence-corrected chi connectivity index (χ3v) is 7.94. The van der Waals surface area contributed by atoms with Gasteiger partial charge in [-0.05, 0) is 41.7 Å². The molecule has 5 heteroatoms. The smallest absolute Gasteiger partial charge is 0.243 e. The molecule has 1 unspecified atom stereocenters. The summed E-state index contributed by atoms with van der Waals surface area (Å²) in [4.78, 5) is 2.73. The molecule has 0 aromatic heterocycles. The molecule has 0 spiro atoms. The number of likely N-dealkylation sites (tertiary alicyclic amines) is 1. The van der Waals surface area contributed by atoms with Crippen molar-refractivity contribution in [3.05, 3.63) is 102 Å². The van der Waals surface area contributed by atoms with E-state index in [0.717, 1.165) is 43.6 Å². The zero-order valence-electron chi connectivity index (χ0n) is 18.0. The van der Waals surface area contributed by atoms with E-state index in [2.05, 4.69) is 36.1 Å². The molecule has 0 amide bonds. The van der Waals surface area contributed by atoms with Crippen molar-refractivity contribution >= 4 is 10.0 Å². The molecule has 0 bridgehead atoms. The van der Waals surface area contributed by atoms with Crippen molar-refractivity contribution in [1.82, 2.24) is 9.21 Å². The molecule has 0 saturated carbocycles. The summed E-state index contributed by atoms with van der Waals surface area (Å²) in [6.07, 6.45) is 1.73. The van der Waals surface area contributed by atoms with Gasteiger partial charge in [0, 0.05) is 32.2 Å². The molecule has 3 aromatic carbocycles. The quantitative estimate of drug-likeness (QED) is 0.515. The van der Waals surface area contributed by atoms with Crippen molar-refractivity contribution in [1.29, 1.82) is 0 Å². The van der Waals surface area contributed by atoms with Crippen LogP contribution in [0.3, 0.4) is 0 Å². The van der Waals surface area contributed by atoms with Crippen molar-refractivity contribution in [2.24, 2.45) is 0 Å². The van der Waals surface area contributed by atoms with Gasteiger partial charge in [0.1, 0.15) is 0 Å². The van der Waals surface area contributed by atoms with Crippen LogP contribution in [0.1, 0.15) is 30.0 Å². The maximum atomic E-state index is 13.7. The maximum Gasteiger partial charge on any atom is 0.243 e. The van der Waals surface area contributed by atoms with Crippen LogP contribution < -0.4 is 0 Å². The van der Waals surface area contributed by atoms with E-state index in [-0.39, 0.29) is 6.04 Å². The van der Waals surface area contributed by atoms with Gasteiger partial charge in [0.15, 0.2) is 0 Å². The fourth-order valence-corrected chi connectivity index (χ4v) is 5.87. The molecule has 0 radical (unpaired) electrons. The molecule has 4 rings (SSSR count). The fraction of sp³-hybridized carbons (Fsp3) is 0.308. The maximum absolute atomic E-state index is 13.7. The Morgan fingerprint density at radius 2 is 1.45 bits per heavy atom. The van der Waals surface area contributed by atoms with Crippen LogP contribution in [0.4, 0.5) is 0 Å². The summed E-state index contributed by atoms with van der Waals surface area (Å²) in [5.74, 6) is 0. The Morgan fingerprint density at radius 1 is 0.839 bits per heavy atom. The summed E-state index contributed by atoms with van der Waals surface area (Å²) in [5.41, 5.74) is 3.41. The summed E-state index contributed by atoms with van der Waals surface area (Å²) < 4.78 is 29.1. The van der Waals surface area contributed by atoms with E-state index >= 15 is 0 Å². The number of rotatable bonds is 8. The summed E-state index contributed by atoms with van der Waals surface area (Å²) in [6, 6.07) is 27.6. The molecule has 1 fully saturated rings. The van der Waals surface area contributed by atoms with Gasteiger partial charge in [0.05, 0.1) is 4.90 Å². The average molecular weight is 435 g/mol. The van der Waals surface area contributed by atoms with E-state index in [1.807, 2.05) is 48.5 Å². The van der Waals surface area contributed by atoms with Gasteiger partial charge < -0.3 is 0 Å². The van der Waals surface area contributed by atoms with Crippen molar-refractivity contribution in [3.63, 3.8) is 0 Å². The number of nitrogens with zero attached hydrogens (tertiary/aromatic N) is 2. The van der Waals surface area contributed by atoms with E-state index in [9.17, 15) is 8.42 Å². The molecule has 1 atom stereocenters. The first-order chi connectivity index (χ1) is 15.1. The van der Waals surface area contributed by atoms with E-state index in [0.29, 0.717) is 11.4 Å². The predicted molar refractivity (Wildman–Crippen MR) is 125 cm³/mol. The Labute approximate surface area is 186 Å². The molecule has 31 heavy (non-hydrogen) atoms. The van der Waals surface area contributed by atoms with Crippen molar-refractivity contribution in [2.45, 2.75) is 43.8 Å². The van der Waals surface area contributed by atoms with Crippen molar-refractivity contribution < 1.29 is 8.42 Å². The van der Waals surface area contributed by atoms with E-state index in [1.54, 1.807) is 16.4 Å². The highest BCUT2D eigenvalue weighted by Crippen LogP contribution is 2.27. The lowest BCUT2D eigenvalue weighted by atomic mass is 10.2. The molecule has 0 aliphatic carbocycles. The first-order valence-corrected chi connectivity index (χ1v) is 12.4. The lowest BCUT2D eigenvalue weighted by Gasteiger charge is -2.29. The van der Waals surface area contributed by atoms with Crippen LogP contribution in [-0.4, -0.2) is 36.8 Å². The summed E-state index contributed by atoms with van der Waals surface area (Å²) in [6.45, 7) is 4.96. The Bertz CT molecular complexity index is 1070. The van der Waals surface area contributed by atoms with Gasteiger partial charge in [-0.1, -0.05) is 79.7 Å². The molecule has 1 heterocycles. The van der Waals surface area contributed by atoms with Crippen LogP contribution in [-0.2, 0) is 29.5 Å². The van der Waals surface area contributed by atoms with Gasteiger partial charge >= 0.3 is 0 Å². The Hall–Kier alpha value is -2.47. The van der Waals surface area contributed by atoms with Crippen LogP contribution in [0.25, 0.3) is 0 Å². The predicted octanol–water partition coefficient (Wildman–Crippen LogP) is 4.71. The lowest BCUT2D eigenvalue weighted by molar-refractivity contribution is 0.276.